The minimum absolute atomic E-state index is 0.179. The number of sulfone groups is 1. The van der Waals surface area contributed by atoms with Gasteiger partial charge in [0.25, 0.3) is 0 Å². The Morgan fingerprint density at radius 1 is 1.37 bits per heavy atom. The standard InChI is InChI=1S/C13H26N2O3S/c1-19(16,17)12-4-2-3-11(8-12)13(15-14)7-10-5-6-18-9-10/h10-13,15H,2-9,14H2,1H3. The van der Waals surface area contributed by atoms with Crippen molar-refractivity contribution in [3.8, 4) is 0 Å². The zero-order valence-electron chi connectivity index (χ0n) is 11.7. The number of rotatable bonds is 5. The first kappa shape index (κ1) is 15.2. The minimum atomic E-state index is -2.92. The quantitative estimate of drug-likeness (QED) is 0.579. The van der Waals surface area contributed by atoms with Crippen molar-refractivity contribution in [2.45, 2.75) is 49.8 Å². The normalized spacial score (nSPS) is 34.3. The van der Waals surface area contributed by atoms with Gasteiger partial charge in [-0.1, -0.05) is 6.42 Å². The molecule has 0 aromatic carbocycles. The zero-order valence-corrected chi connectivity index (χ0v) is 12.5. The molecule has 0 amide bonds. The maximum atomic E-state index is 11.7. The van der Waals surface area contributed by atoms with Crippen molar-refractivity contribution in [3.05, 3.63) is 0 Å². The molecule has 4 unspecified atom stereocenters. The zero-order chi connectivity index (χ0) is 13.9. The van der Waals surface area contributed by atoms with Gasteiger partial charge in [0, 0.05) is 25.5 Å². The fraction of sp³-hybridized carbons (Fsp3) is 1.00. The van der Waals surface area contributed by atoms with E-state index in [2.05, 4.69) is 5.43 Å². The third-order valence-electron chi connectivity index (χ3n) is 4.67. The largest absolute Gasteiger partial charge is 0.381 e. The van der Waals surface area contributed by atoms with Crippen LogP contribution in [0.15, 0.2) is 0 Å². The molecule has 2 aliphatic rings. The van der Waals surface area contributed by atoms with Crippen LogP contribution in [0.4, 0.5) is 0 Å². The first-order valence-electron chi connectivity index (χ1n) is 7.23. The lowest BCUT2D eigenvalue weighted by Crippen LogP contribution is -2.45. The van der Waals surface area contributed by atoms with Crippen molar-refractivity contribution in [1.82, 2.24) is 5.43 Å². The summed E-state index contributed by atoms with van der Waals surface area (Å²) in [7, 11) is -2.92. The van der Waals surface area contributed by atoms with Crippen LogP contribution >= 0.6 is 0 Å². The van der Waals surface area contributed by atoms with E-state index in [9.17, 15) is 8.42 Å². The van der Waals surface area contributed by atoms with Gasteiger partial charge in [-0.15, -0.1) is 0 Å². The van der Waals surface area contributed by atoms with Gasteiger partial charge in [0.1, 0.15) is 9.84 Å². The Labute approximate surface area is 116 Å². The van der Waals surface area contributed by atoms with Crippen molar-refractivity contribution in [1.29, 1.82) is 0 Å². The molecule has 0 bridgehead atoms. The average molecular weight is 290 g/mol. The molecule has 0 aromatic heterocycles. The predicted molar refractivity (Wildman–Crippen MR) is 75.2 cm³/mol. The summed E-state index contributed by atoms with van der Waals surface area (Å²) in [6.07, 6.45) is 7.07. The maximum absolute atomic E-state index is 11.7. The number of nitrogens with two attached hydrogens (primary N) is 1. The predicted octanol–water partition coefficient (Wildman–Crippen LogP) is 0.848. The van der Waals surface area contributed by atoms with E-state index in [1.165, 1.54) is 6.26 Å². The van der Waals surface area contributed by atoms with Gasteiger partial charge in [-0.3, -0.25) is 11.3 Å². The Bertz CT molecular complexity index is 379. The molecular formula is C13H26N2O3S. The van der Waals surface area contributed by atoms with Gasteiger partial charge in [-0.25, -0.2) is 8.42 Å². The van der Waals surface area contributed by atoms with Crippen LogP contribution < -0.4 is 11.3 Å². The SMILES string of the molecule is CS(=O)(=O)C1CCCC(C(CC2CCOC2)NN)C1. The van der Waals surface area contributed by atoms with E-state index >= 15 is 0 Å². The summed E-state index contributed by atoms with van der Waals surface area (Å²) in [5, 5.41) is -0.179. The number of hydrogen-bond acceptors (Lipinski definition) is 5. The van der Waals surface area contributed by atoms with Gasteiger partial charge >= 0.3 is 0 Å². The molecule has 0 aromatic rings. The lowest BCUT2D eigenvalue weighted by molar-refractivity contribution is 0.173. The van der Waals surface area contributed by atoms with Crippen LogP contribution in [0.25, 0.3) is 0 Å². The first-order chi connectivity index (χ1) is 9.00. The summed E-state index contributed by atoms with van der Waals surface area (Å²) in [6.45, 7) is 1.67. The smallest absolute Gasteiger partial charge is 0.150 e. The lowest BCUT2D eigenvalue weighted by atomic mass is 9.80. The van der Waals surface area contributed by atoms with Gasteiger partial charge in [-0.05, 0) is 43.9 Å². The molecule has 1 aliphatic heterocycles. The topological polar surface area (TPSA) is 81.4 Å². The number of hydrazine groups is 1. The van der Waals surface area contributed by atoms with E-state index in [0.717, 1.165) is 51.7 Å². The molecular weight excluding hydrogens is 264 g/mol. The Morgan fingerprint density at radius 2 is 2.16 bits per heavy atom. The van der Waals surface area contributed by atoms with Gasteiger partial charge in [0.15, 0.2) is 0 Å². The van der Waals surface area contributed by atoms with Crippen LogP contribution in [0.1, 0.15) is 38.5 Å². The number of hydrogen-bond donors (Lipinski definition) is 2. The Balaban J connectivity index is 1.93. The summed E-state index contributed by atoms with van der Waals surface area (Å²) in [6, 6.07) is 0.219. The van der Waals surface area contributed by atoms with Crippen molar-refractivity contribution >= 4 is 9.84 Å². The molecule has 2 fully saturated rings. The summed E-state index contributed by atoms with van der Waals surface area (Å²) >= 11 is 0. The van der Waals surface area contributed by atoms with E-state index in [0.29, 0.717) is 11.8 Å². The van der Waals surface area contributed by atoms with Gasteiger partial charge < -0.3 is 4.74 Å². The van der Waals surface area contributed by atoms with Crippen LogP contribution in [0, 0.1) is 11.8 Å². The highest BCUT2D eigenvalue weighted by Crippen LogP contribution is 2.33. The molecule has 0 radical (unpaired) electrons. The number of ether oxygens (including phenoxy) is 1. The van der Waals surface area contributed by atoms with E-state index in [1.807, 2.05) is 0 Å². The van der Waals surface area contributed by atoms with Gasteiger partial charge in [0.05, 0.1) is 5.25 Å². The van der Waals surface area contributed by atoms with Crippen LogP contribution in [0.2, 0.25) is 0 Å². The fourth-order valence-electron chi connectivity index (χ4n) is 3.46. The average Bonchev–Trinajstić information content (AvgIpc) is 2.88. The highest BCUT2D eigenvalue weighted by molar-refractivity contribution is 7.91. The molecule has 2 rings (SSSR count). The Hall–Kier alpha value is -0.170. The molecule has 6 heteroatoms. The summed E-state index contributed by atoms with van der Waals surface area (Å²) in [4.78, 5) is 0. The molecule has 19 heavy (non-hydrogen) atoms. The molecule has 3 N–H and O–H groups in total. The highest BCUT2D eigenvalue weighted by atomic mass is 32.2. The molecule has 112 valence electrons. The van der Waals surface area contributed by atoms with E-state index in [-0.39, 0.29) is 11.3 Å². The molecule has 4 atom stereocenters. The summed E-state index contributed by atoms with van der Waals surface area (Å²) < 4.78 is 28.8. The molecule has 1 saturated carbocycles. The lowest BCUT2D eigenvalue weighted by Gasteiger charge is -2.34. The van der Waals surface area contributed by atoms with Crippen LogP contribution in [-0.2, 0) is 14.6 Å². The van der Waals surface area contributed by atoms with Crippen molar-refractivity contribution < 1.29 is 13.2 Å². The van der Waals surface area contributed by atoms with E-state index in [4.69, 9.17) is 10.6 Å². The second-order valence-electron chi connectivity index (χ2n) is 6.12. The minimum Gasteiger partial charge on any atom is -0.381 e. The molecule has 1 saturated heterocycles. The summed E-state index contributed by atoms with van der Waals surface area (Å²) in [5.41, 5.74) is 2.92. The third-order valence-corrected chi connectivity index (χ3v) is 6.31. The number of nitrogens with one attached hydrogen (secondary N) is 1. The van der Waals surface area contributed by atoms with Crippen LogP contribution in [0.3, 0.4) is 0 Å². The molecule has 1 heterocycles. The highest BCUT2D eigenvalue weighted by Gasteiger charge is 2.34. The fourth-order valence-corrected chi connectivity index (χ4v) is 4.65. The van der Waals surface area contributed by atoms with Crippen molar-refractivity contribution in [2.24, 2.45) is 17.7 Å². The van der Waals surface area contributed by atoms with Crippen LogP contribution in [0.5, 0.6) is 0 Å². The monoisotopic (exact) mass is 290 g/mol. The maximum Gasteiger partial charge on any atom is 0.150 e. The van der Waals surface area contributed by atoms with Crippen molar-refractivity contribution in [3.63, 3.8) is 0 Å². The second-order valence-corrected chi connectivity index (χ2v) is 8.44. The second kappa shape index (κ2) is 6.52. The van der Waals surface area contributed by atoms with Gasteiger partial charge in [-0.2, -0.15) is 0 Å². The van der Waals surface area contributed by atoms with Gasteiger partial charge in [0.2, 0.25) is 0 Å². The molecule has 0 spiro atoms. The van der Waals surface area contributed by atoms with Crippen molar-refractivity contribution in [2.75, 3.05) is 19.5 Å². The molecule has 5 nitrogen and oxygen atoms in total. The Morgan fingerprint density at radius 3 is 2.74 bits per heavy atom. The van der Waals surface area contributed by atoms with Crippen LogP contribution in [-0.4, -0.2) is 39.2 Å². The Kier molecular flexibility index (Phi) is 5.22. The third kappa shape index (κ3) is 4.15. The van der Waals surface area contributed by atoms with E-state index < -0.39 is 9.84 Å². The first-order valence-corrected chi connectivity index (χ1v) is 9.19. The summed E-state index contributed by atoms with van der Waals surface area (Å²) in [5.74, 6) is 6.64. The molecule has 1 aliphatic carbocycles. The van der Waals surface area contributed by atoms with E-state index in [1.54, 1.807) is 0 Å².